The fourth-order valence-electron chi connectivity index (χ4n) is 3.24. The Kier molecular flexibility index (Phi) is 6.38. The first-order chi connectivity index (χ1) is 14.3. The van der Waals surface area contributed by atoms with E-state index in [0.29, 0.717) is 25.3 Å². The molecular weight excluding hydrogens is 442 g/mol. The van der Waals surface area contributed by atoms with Crippen molar-refractivity contribution in [2.45, 2.75) is 39.8 Å². The Balaban J connectivity index is 1.97. The van der Waals surface area contributed by atoms with E-state index in [1.54, 1.807) is 17.2 Å². The fourth-order valence-corrected chi connectivity index (χ4v) is 4.00. The van der Waals surface area contributed by atoms with E-state index in [2.05, 4.69) is 9.71 Å². The number of fused-ring (bicyclic) bond motifs is 1. The second-order valence-electron chi connectivity index (χ2n) is 8.47. The normalized spacial score (nSPS) is 14.3. The van der Waals surface area contributed by atoms with Crippen molar-refractivity contribution in [1.29, 1.82) is 0 Å². The maximum atomic E-state index is 12.6. The van der Waals surface area contributed by atoms with Crippen LogP contribution in [0.1, 0.15) is 31.9 Å². The third-order valence-electron chi connectivity index (χ3n) is 4.44. The first-order valence-electron chi connectivity index (χ1n) is 9.70. The molecule has 1 aliphatic heterocycles. The van der Waals surface area contributed by atoms with E-state index < -0.39 is 21.7 Å². The minimum Gasteiger partial charge on any atom is -0.491 e. The number of aryl methyl sites for hydroxylation is 1. The van der Waals surface area contributed by atoms with E-state index in [-0.39, 0.29) is 10.8 Å². The second-order valence-corrected chi connectivity index (χ2v) is 10.6. The number of hydrogen-bond acceptors (Lipinski definition) is 6. The quantitative estimate of drug-likeness (QED) is 0.679. The average Bonchev–Trinajstić information content (AvgIpc) is 2.84. The molecule has 0 radical (unpaired) electrons. The largest absolute Gasteiger partial charge is 0.491 e. The highest BCUT2D eigenvalue weighted by molar-refractivity contribution is 7.92. The number of aromatic nitrogens is 1. The van der Waals surface area contributed by atoms with Crippen molar-refractivity contribution < 1.29 is 22.7 Å². The molecule has 0 aliphatic carbocycles. The summed E-state index contributed by atoms with van der Waals surface area (Å²) in [4.78, 5) is 18.3. The van der Waals surface area contributed by atoms with Gasteiger partial charge >= 0.3 is 6.09 Å². The third kappa shape index (κ3) is 6.01. The Morgan fingerprint density at radius 3 is 2.61 bits per heavy atom. The van der Waals surface area contributed by atoms with Crippen LogP contribution >= 0.6 is 11.6 Å². The number of ether oxygens (including phenoxy) is 2. The highest BCUT2D eigenvalue weighted by Crippen LogP contribution is 2.35. The van der Waals surface area contributed by atoms with Gasteiger partial charge in [0.1, 0.15) is 18.0 Å². The van der Waals surface area contributed by atoms with Gasteiger partial charge in [-0.05, 0) is 57.0 Å². The SMILES string of the molecule is Cc1cc(-c2cnc(Cl)c(NS(C)(=O)=O)c2)cc2c1OCCN(C(=O)OC(C)(C)C)C2. The molecule has 0 fully saturated rings. The van der Waals surface area contributed by atoms with Crippen LogP contribution in [0.4, 0.5) is 10.5 Å². The molecule has 1 aliphatic rings. The van der Waals surface area contributed by atoms with Gasteiger partial charge in [0.15, 0.2) is 5.15 Å². The molecule has 10 heteroatoms. The number of nitrogens with one attached hydrogen (secondary N) is 1. The number of rotatable bonds is 3. The molecule has 0 spiro atoms. The molecule has 2 aromatic rings. The van der Waals surface area contributed by atoms with Gasteiger partial charge in [0, 0.05) is 17.3 Å². The van der Waals surface area contributed by atoms with Crippen LogP contribution in [0, 0.1) is 6.92 Å². The molecule has 3 rings (SSSR count). The molecule has 0 saturated carbocycles. The molecule has 1 aromatic heterocycles. The third-order valence-corrected chi connectivity index (χ3v) is 5.33. The number of pyridine rings is 1. The zero-order valence-electron chi connectivity index (χ0n) is 18.2. The van der Waals surface area contributed by atoms with Crippen molar-refractivity contribution in [2.75, 3.05) is 24.1 Å². The van der Waals surface area contributed by atoms with Gasteiger partial charge in [-0.25, -0.2) is 18.2 Å². The van der Waals surface area contributed by atoms with Gasteiger partial charge in [-0.3, -0.25) is 4.72 Å². The number of carbonyl (C=O) groups is 1. The van der Waals surface area contributed by atoms with Gasteiger partial charge in [-0.2, -0.15) is 0 Å². The van der Waals surface area contributed by atoms with Gasteiger partial charge < -0.3 is 14.4 Å². The molecule has 0 bridgehead atoms. The number of nitrogens with zero attached hydrogens (tertiary/aromatic N) is 2. The van der Waals surface area contributed by atoms with Gasteiger partial charge in [-0.1, -0.05) is 11.6 Å². The molecule has 0 unspecified atom stereocenters. The lowest BCUT2D eigenvalue weighted by Crippen LogP contribution is -2.37. The van der Waals surface area contributed by atoms with Crippen molar-refractivity contribution >= 4 is 33.4 Å². The molecule has 8 nitrogen and oxygen atoms in total. The molecular formula is C21H26ClN3O5S. The molecule has 0 saturated heterocycles. The van der Waals surface area contributed by atoms with E-state index in [1.165, 1.54) is 0 Å². The van der Waals surface area contributed by atoms with Gasteiger partial charge in [0.05, 0.1) is 25.0 Å². The number of anilines is 1. The Labute approximate surface area is 187 Å². The molecule has 0 atom stereocenters. The summed E-state index contributed by atoms with van der Waals surface area (Å²) >= 11 is 6.05. The lowest BCUT2D eigenvalue weighted by atomic mass is 9.99. The van der Waals surface area contributed by atoms with Gasteiger partial charge in [0.2, 0.25) is 10.0 Å². The standard InChI is InChI=1S/C21H26ClN3O5S/c1-13-8-14(15-10-17(19(22)23-11-15)24-31(5,27)28)9-16-12-25(6-7-29-18(13)16)20(26)30-21(2,3)4/h8-11,24H,6-7,12H2,1-5H3. The summed E-state index contributed by atoms with van der Waals surface area (Å²) in [7, 11) is -3.51. The summed E-state index contributed by atoms with van der Waals surface area (Å²) in [6.45, 7) is 8.49. The van der Waals surface area contributed by atoms with E-state index >= 15 is 0 Å². The van der Waals surface area contributed by atoms with Crippen LogP contribution in [-0.4, -0.2) is 49.4 Å². The highest BCUT2D eigenvalue weighted by Gasteiger charge is 2.26. The average molecular weight is 468 g/mol. The van der Waals surface area contributed by atoms with Crippen LogP contribution in [0.25, 0.3) is 11.1 Å². The zero-order chi connectivity index (χ0) is 23.0. The van der Waals surface area contributed by atoms with Gasteiger partial charge in [-0.15, -0.1) is 0 Å². The van der Waals surface area contributed by atoms with E-state index in [4.69, 9.17) is 21.1 Å². The van der Waals surface area contributed by atoms with Gasteiger partial charge in [0.25, 0.3) is 0 Å². The Morgan fingerprint density at radius 2 is 1.97 bits per heavy atom. The van der Waals surface area contributed by atoms with Crippen molar-refractivity contribution in [1.82, 2.24) is 9.88 Å². The number of halogens is 1. The summed E-state index contributed by atoms with van der Waals surface area (Å²) in [5.74, 6) is 0.728. The molecule has 1 aromatic carbocycles. The minimum absolute atomic E-state index is 0.0556. The lowest BCUT2D eigenvalue weighted by Gasteiger charge is -2.26. The highest BCUT2D eigenvalue weighted by atomic mass is 35.5. The number of sulfonamides is 1. The molecule has 1 N–H and O–H groups in total. The maximum absolute atomic E-state index is 12.6. The number of benzene rings is 1. The van der Waals surface area contributed by atoms with Crippen LogP contribution in [0.3, 0.4) is 0 Å². The van der Waals surface area contributed by atoms with Crippen molar-refractivity contribution in [3.05, 3.63) is 40.7 Å². The summed E-state index contributed by atoms with van der Waals surface area (Å²) < 4.78 is 37.0. The molecule has 168 valence electrons. The Hall–Kier alpha value is -2.52. The minimum atomic E-state index is -3.51. The van der Waals surface area contributed by atoms with Crippen LogP contribution in [-0.2, 0) is 21.3 Å². The van der Waals surface area contributed by atoms with Crippen LogP contribution in [0.15, 0.2) is 24.4 Å². The summed E-state index contributed by atoms with van der Waals surface area (Å²) in [5.41, 5.74) is 2.79. The Bertz CT molecular complexity index is 1110. The van der Waals surface area contributed by atoms with E-state index in [1.807, 2.05) is 39.8 Å². The first-order valence-corrected chi connectivity index (χ1v) is 12.0. The maximum Gasteiger partial charge on any atom is 0.410 e. The summed E-state index contributed by atoms with van der Waals surface area (Å²) in [6, 6.07) is 5.46. The number of carbonyl (C=O) groups excluding carboxylic acids is 1. The fraction of sp³-hybridized carbons (Fsp3) is 0.429. The molecule has 2 heterocycles. The monoisotopic (exact) mass is 467 g/mol. The number of hydrogen-bond donors (Lipinski definition) is 1. The van der Waals surface area contributed by atoms with Crippen molar-refractivity contribution in [3.63, 3.8) is 0 Å². The summed E-state index contributed by atoms with van der Waals surface area (Å²) in [5, 5.41) is 0.0556. The molecule has 31 heavy (non-hydrogen) atoms. The van der Waals surface area contributed by atoms with Crippen molar-refractivity contribution in [2.24, 2.45) is 0 Å². The lowest BCUT2D eigenvalue weighted by molar-refractivity contribution is 0.0225. The zero-order valence-corrected chi connectivity index (χ0v) is 19.7. The smallest absolute Gasteiger partial charge is 0.410 e. The predicted molar refractivity (Wildman–Crippen MR) is 120 cm³/mol. The molecule has 1 amide bonds. The second kappa shape index (κ2) is 8.55. The van der Waals surface area contributed by atoms with Crippen LogP contribution in [0.5, 0.6) is 5.75 Å². The van der Waals surface area contributed by atoms with Crippen molar-refractivity contribution in [3.8, 4) is 16.9 Å². The summed E-state index contributed by atoms with van der Waals surface area (Å²) in [6.07, 6.45) is 2.21. The Morgan fingerprint density at radius 1 is 1.26 bits per heavy atom. The van der Waals surface area contributed by atoms with E-state index in [0.717, 1.165) is 28.7 Å². The predicted octanol–water partition coefficient (Wildman–Crippen LogP) is 4.21. The topological polar surface area (TPSA) is 97.8 Å². The first kappa shape index (κ1) is 23.1. The van der Waals surface area contributed by atoms with Crippen LogP contribution in [0.2, 0.25) is 5.15 Å². The number of amides is 1. The van der Waals surface area contributed by atoms with E-state index in [9.17, 15) is 13.2 Å². The van der Waals surface area contributed by atoms with Crippen LogP contribution < -0.4 is 9.46 Å².